The SMILES string of the molecule is CC1CCC(C(C)C)C(OC2(CN)CCCCC2)C1. The molecule has 0 heterocycles. The highest BCUT2D eigenvalue weighted by Gasteiger charge is 2.39. The number of hydrogen-bond donors (Lipinski definition) is 1. The van der Waals surface area contributed by atoms with E-state index in [0.29, 0.717) is 12.6 Å². The Hall–Kier alpha value is -0.0800. The molecule has 112 valence electrons. The smallest absolute Gasteiger partial charge is 0.0808 e. The van der Waals surface area contributed by atoms with Gasteiger partial charge in [0.05, 0.1) is 11.7 Å². The Kier molecular flexibility index (Phi) is 5.30. The van der Waals surface area contributed by atoms with E-state index in [4.69, 9.17) is 10.5 Å². The van der Waals surface area contributed by atoms with Gasteiger partial charge in [-0.1, -0.05) is 46.5 Å². The monoisotopic (exact) mass is 267 g/mol. The second kappa shape index (κ2) is 6.58. The average Bonchev–Trinajstić information content (AvgIpc) is 2.39. The molecular weight excluding hydrogens is 234 g/mol. The van der Waals surface area contributed by atoms with E-state index in [9.17, 15) is 0 Å². The zero-order chi connectivity index (χ0) is 13.9. The van der Waals surface area contributed by atoms with Gasteiger partial charge in [-0.25, -0.2) is 0 Å². The molecule has 0 aromatic rings. The van der Waals surface area contributed by atoms with Crippen LogP contribution < -0.4 is 5.73 Å². The summed E-state index contributed by atoms with van der Waals surface area (Å²) in [6.45, 7) is 7.80. The number of ether oxygens (including phenoxy) is 1. The summed E-state index contributed by atoms with van der Waals surface area (Å²) in [7, 11) is 0. The third kappa shape index (κ3) is 3.72. The Balaban J connectivity index is 2.04. The second-order valence-corrected chi connectivity index (χ2v) is 7.43. The van der Waals surface area contributed by atoms with Crippen molar-refractivity contribution in [1.82, 2.24) is 0 Å². The van der Waals surface area contributed by atoms with E-state index in [1.54, 1.807) is 0 Å². The van der Waals surface area contributed by atoms with E-state index in [0.717, 1.165) is 17.8 Å². The molecular formula is C17H33NO. The number of rotatable bonds is 4. The van der Waals surface area contributed by atoms with Gasteiger partial charge in [0.2, 0.25) is 0 Å². The molecule has 3 unspecified atom stereocenters. The molecule has 0 aromatic heterocycles. The van der Waals surface area contributed by atoms with Crippen molar-refractivity contribution in [2.75, 3.05) is 6.54 Å². The second-order valence-electron chi connectivity index (χ2n) is 7.43. The van der Waals surface area contributed by atoms with Crippen LogP contribution in [0, 0.1) is 17.8 Å². The van der Waals surface area contributed by atoms with Crippen LogP contribution in [0.1, 0.15) is 72.1 Å². The molecule has 2 heteroatoms. The molecule has 0 amide bonds. The fourth-order valence-electron chi connectivity index (χ4n) is 4.14. The molecule has 2 aliphatic rings. The van der Waals surface area contributed by atoms with E-state index >= 15 is 0 Å². The lowest BCUT2D eigenvalue weighted by Gasteiger charge is -2.45. The Morgan fingerprint density at radius 3 is 2.42 bits per heavy atom. The molecule has 2 fully saturated rings. The topological polar surface area (TPSA) is 35.2 Å². The molecule has 2 rings (SSSR count). The normalized spacial score (nSPS) is 35.5. The van der Waals surface area contributed by atoms with Gasteiger partial charge in [0.1, 0.15) is 0 Å². The van der Waals surface area contributed by atoms with Gasteiger partial charge in [-0.2, -0.15) is 0 Å². The molecule has 2 nitrogen and oxygen atoms in total. The first kappa shape index (κ1) is 15.3. The van der Waals surface area contributed by atoms with Gasteiger partial charge in [-0.05, 0) is 43.4 Å². The van der Waals surface area contributed by atoms with Gasteiger partial charge >= 0.3 is 0 Å². The molecule has 2 saturated carbocycles. The maximum atomic E-state index is 6.69. The first-order valence-corrected chi connectivity index (χ1v) is 8.44. The van der Waals surface area contributed by atoms with Gasteiger partial charge in [0.15, 0.2) is 0 Å². The predicted octanol–water partition coefficient (Wildman–Crippen LogP) is 4.13. The summed E-state index contributed by atoms with van der Waals surface area (Å²) in [5.74, 6) is 2.29. The van der Waals surface area contributed by atoms with Crippen LogP contribution in [0.15, 0.2) is 0 Å². The lowest BCUT2D eigenvalue weighted by atomic mass is 9.74. The molecule has 0 radical (unpaired) electrons. The highest BCUT2D eigenvalue weighted by Crippen LogP contribution is 2.40. The van der Waals surface area contributed by atoms with E-state index in [-0.39, 0.29) is 5.60 Å². The van der Waals surface area contributed by atoms with Crippen LogP contribution >= 0.6 is 0 Å². The third-order valence-corrected chi connectivity index (χ3v) is 5.50. The van der Waals surface area contributed by atoms with Crippen molar-refractivity contribution in [3.63, 3.8) is 0 Å². The van der Waals surface area contributed by atoms with Gasteiger partial charge in [-0.3, -0.25) is 0 Å². The molecule has 19 heavy (non-hydrogen) atoms. The van der Waals surface area contributed by atoms with Gasteiger partial charge < -0.3 is 10.5 Å². The van der Waals surface area contributed by atoms with E-state index in [1.165, 1.54) is 51.4 Å². The summed E-state index contributed by atoms with van der Waals surface area (Å²) in [6.07, 6.45) is 10.7. The summed E-state index contributed by atoms with van der Waals surface area (Å²) < 4.78 is 6.69. The maximum Gasteiger partial charge on any atom is 0.0808 e. The highest BCUT2D eigenvalue weighted by atomic mass is 16.5. The minimum absolute atomic E-state index is 0.00706. The van der Waals surface area contributed by atoms with Crippen molar-refractivity contribution < 1.29 is 4.74 Å². The Labute approximate surface area is 119 Å². The summed E-state index contributed by atoms with van der Waals surface area (Å²) >= 11 is 0. The van der Waals surface area contributed by atoms with Crippen molar-refractivity contribution in [3.05, 3.63) is 0 Å². The lowest BCUT2D eigenvalue weighted by molar-refractivity contribution is -0.149. The predicted molar refractivity (Wildman–Crippen MR) is 81.1 cm³/mol. The van der Waals surface area contributed by atoms with E-state index in [1.807, 2.05) is 0 Å². The van der Waals surface area contributed by atoms with E-state index < -0.39 is 0 Å². The van der Waals surface area contributed by atoms with Crippen molar-refractivity contribution in [3.8, 4) is 0 Å². The summed E-state index contributed by atoms with van der Waals surface area (Å²) in [6, 6.07) is 0. The first-order valence-electron chi connectivity index (χ1n) is 8.44. The largest absolute Gasteiger partial charge is 0.370 e. The van der Waals surface area contributed by atoms with Gasteiger partial charge in [-0.15, -0.1) is 0 Å². The summed E-state index contributed by atoms with van der Waals surface area (Å²) in [5.41, 5.74) is 6.09. The van der Waals surface area contributed by atoms with Crippen molar-refractivity contribution in [2.24, 2.45) is 23.5 Å². The molecule has 3 atom stereocenters. The standard InChI is InChI=1S/C17H33NO/c1-13(2)15-8-7-14(3)11-16(15)19-17(12-18)9-5-4-6-10-17/h13-16H,4-12,18H2,1-3H3. The quantitative estimate of drug-likeness (QED) is 0.831. The van der Waals surface area contributed by atoms with Crippen LogP contribution in [0.3, 0.4) is 0 Å². The third-order valence-electron chi connectivity index (χ3n) is 5.50. The van der Waals surface area contributed by atoms with Gasteiger partial charge in [0.25, 0.3) is 0 Å². The van der Waals surface area contributed by atoms with Crippen LogP contribution in [-0.2, 0) is 4.74 Å². The highest BCUT2D eigenvalue weighted by molar-refractivity contribution is 4.90. The fraction of sp³-hybridized carbons (Fsp3) is 1.00. The molecule has 0 aromatic carbocycles. The van der Waals surface area contributed by atoms with Crippen LogP contribution in [0.25, 0.3) is 0 Å². The zero-order valence-corrected chi connectivity index (χ0v) is 13.2. The Morgan fingerprint density at radius 1 is 1.16 bits per heavy atom. The Bertz CT molecular complexity index is 270. The van der Waals surface area contributed by atoms with E-state index in [2.05, 4.69) is 20.8 Å². The maximum absolute atomic E-state index is 6.69. The average molecular weight is 267 g/mol. The van der Waals surface area contributed by atoms with Crippen molar-refractivity contribution >= 4 is 0 Å². The Morgan fingerprint density at radius 2 is 1.84 bits per heavy atom. The zero-order valence-electron chi connectivity index (χ0n) is 13.2. The molecule has 0 bridgehead atoms. The summed E-state index contributed by atoms with van der Waals surface area (Å²) in [5, 5.41) is 0. The minimum atomic E-state index is 0.00706. The molecule has 0 spiro atoms. The minimum Gasteiger partial charge on any atom is -0.370 e. The number of nitrogens with two attached hydrogens (primary N) is 1. The molecule has 2 aliphatic carbocycles. The lowest BCUT2D eigenvalue weighted by Crippen LogP contribution is -2.48. The molecule has 2 N–H and O–H groups in total. The molecule has 0 saturated heterocycles. The van der Waals surface area contributed by atoms with Crippen molar-refractivity contribution in [2.45, 2.75) is 83.8 Å². The van der Waals surface area contributed by atoms with Gasteiger partial charge in [0, 0.05) is 6.54 Å². The number of hydrogen-bond acceptors (Lipinski definition) is 2. The fourth-order valence-corrected chi connectivity index (χ4v) is 4.14. The van der Waals surface area contributed by atoms with Crippen LogP contribution in [0.2, 0.25) is 0 Å². The first-order chi connectivity index (χ1) is 9.06. The molecule has 0 aliphatic heterocycles. The summed E-state index contributed by atoms with van der Waals surface area (Å²) in [4.78, 5) is 0. The van der Waals surface area contributed by atoms with Crippen LogP contribution in [-0.4, -0.2) is 18.2 Å². The van der Waals surface area contributed by atoms with Crippen LogP contribution in [0.5, 0.6) is 0 Å². The van der Waals surface area contributed by atoms with Crippen LogP contribution in [0.4, 0.5) is 0 Å². The van der Waals surface area contributed by atoms with Crippen molar-refractivity contribution in [1.29, 1.82) is 0 Å².